The summed E-state index contributed by atoms with van der Waals surface area (Å²) in [6.45, 7) is 3.31. The summed E-state index contributed by atoms with van der Waals surface area (Å²) in [6, 6.07) is 0.612. The van der Waals surface area contributed by atoms with E-state index in [4.69, 9.17) is 0 Å². The third-order valence-electron chi connectivity index (χ3n) is 2.48. The average molecular weight is 203 g/mol. The van der Waals surface area contributed by atoms with Gasteiger partial charge in [-0.1, -0.05) is 0 Å². The van der Waals surface area contributed by atoms with Gasteiger partial charge in [0.05, 0.1) is 11.9 Å². The molecule has 0 aliphatic carbocycles. The van der Waals surface area contributed by atoms with Crippen molar-refractivity contribution < 1.29 is 0 Å². The lowest BCUT2D eigenvalue weighted by Crippen LogP contribution is -2.34. The van der Waals surface area contributed by atoms with E-state index in [2.05, 4.69) is 27.7 Å². The molecule has 2 heterocycles. The Morgan fingerprint density at radius 3 is 3.00 bits per heavy atom. The minimum Gasteiger partial charge on any atom is -0.314 e. The van der Waals surface area contributed by atoms with E-state index < -0.39 is 0 Å². The summed E-state index contributed by atoms with van der Waals surface area (Å²) in [4.78, 5) is 0. The van der Waals surface area contributed by atoms with E-state index in [1.165, 1.54) is 12.8 Å². The Bertz CT molecular complexity index is 236. The van der Waals surface area contributed by atoms with Crippen LogP contribution in [-0.4, -0.2) is 28.0 Å². The molecule has 1 aromatic rings. The molecule has 2 N–H and O–H groups in total. The predicted molar refractivity (Wildman–Crippen MR) is 53.1 cm³/mol. The van der Waals surface area contributed by atoms with Gasteiger partial charge in [0.1, 0.15) is 0 Å². The van der Waals surface area contributed by atoms with Crippen LogP contribution in [0, 0.1) is 0 Å². The van der Waals surface area contributed by atoms with Crippen LogP contribution in [0.1, 0.15) is 31.4 Å². The molecule has 2 rings (SSSR count). The minimum absolute atomic E-state index is 0. The molecule has 2 atom stereocenters. The standard InChI is InChI=1S/C8H14N4.ClH/c1-6-4-7(2-3-9-6)8-5-10-12-11-8;/h5-7,9H,2-4H2,1H3,(H,10,11,12);1H. The normalized spacial score (nSPS) is 28.1. The van der Waals surface area contributed by atoms with Gasteiger partial charge >= 0.3 is 0 Å². The summed E-state index contributed by atoms with van der Waals surface area (Å²) >= 11 is 0. The Kier molecular flexibility index (Phi) is 3.69. The predicted octanol–water partition coefficient (Wildman–Crippen LogP) is 1.08. The molecule has 0 amide bonds. The molecular weight excluding hydrogens is 188 g/mol. The van der Waals surface area contributed by atoms with Gasteiger partial charge in [0.2, 0.25) is 0 Å². The van der Waals surface area contributed by atoms with Crippen molar-refractivity contribution in [2.24, 2.45) is 0 Å². The van der Waals surface area contributed by atoms with Gasteiger partial charge in [-0.15, -0.1) is 12.4 Å². The van der Waals surface area contributed by atoms with Crippen molar-refractivity contribution in [2.45, 2.75) is 31.7 Å². The van der Waals surface area contributed by atoms with Crippen molar-refractivity contribution in [1.82, 2.24) is 20.7 Å². The average Bonchev–Trinajstić information content (AvgIpc) is 2.56. The molecule has 1 saturated heterocycles. The van der Waals surface area contributed by atoms with E-state index in [1.807, 2.05) is 6.20 Å². The number of H-pyrrole nitrogens is 1. The van der Waals surface area contributed by atoms with E-state index >= 15 is 0 Å². The zero-order chi connectivity index (χ0) is 8.39. The molecule has 4 nitrogen and oxygen atoms in total. The van der Waals surface area contributed by atoms with E-state index in [9.17, 15) is 0 Å². The third kappa shape index (κ3) is 2.42. The highest BCUT2D eigenvalue weighted by Crippen LogP contribution is 2.24. The lowest BCUT2D eigenvalue weighted by Gasteiger charge is -2.26. The Morgan fingerprint density at radius 1 is 1.54 bits per heavy atom. The number of hydrogen-bond donors (Lipinski definition) is 2. The Hall–Kier alpha value is -0.610. The molecule has 74 valence electrons. The molecule has 0 aromatic carbocycles. The highest BCUT2D eigenvalue weighted by atomic mass is 35.5. The van der Waals surface area contributed by atoms with E-state index in [0.29, 0.717) is 12.0 Å². The van der Waals surface area contributed by atoms with E-state index in [1.54, 1.807) is 0 Å². The van der Waals surface area contributed by atoms with Gasteiger partial charge in [-0.05, 0) is 26.3 Å². The number of halogens is 1. The number of nitrogens with one attached hydrogen (secondary N) is 2. The van der Waals surface area contributed by atoms with Crippen molar-refractivity contribution >= 4 is 12.4 Å². The second-order valence-electron chi connectivity index (χ2n) is 3.47. The monoisotopic (exact) mass is 202 g/mol. The smallest absolute Gasteiger partial charge is 0.0856 e. The maximum absolute atomic E-state index is 4.11. The number of nitrogens with zero attached hydrogens (tertiary/aromatic N) is 2. The topological polar surface area (TPSA) is 53.6 Å². The van der Waals surface area contributed by atoms with Gasteiger partial charge < -0.3 is 5.32 Å². The first-order valence-corrected chi connectivity index (χ1v) is 4.45. The van der Waals surface area contributed by atoms with Gasteiger partial charge in [0.15, 0.2) is 0 Å². The van der Waals surface area contributed by atoms with Crippen LogP contribution in [0.5, 0.6) is 0 Å². The molecule has 1 aliphatic heterocycles. The third-order valence-corrected chi connectivity index (χ3v) is 2.48. The first kappa shape index (κ1) is 10.5. The van der Waals surface area contributed by atoms with Gasteiger partial charge in [-0.25, -0.2) is 0 Å². The summed E-state index contributed by atoms with van der Waals surface area (Å²) in [6.07, 6.45) is 4.19. The second-order valence-corrected chi connectivity index (χ2v) is 3.47. The molecular formula is C8H15ClN4. The summed E-state index contributed by atoms with van der Waals surface area (Å²) in [5.41, 5.74) is 1.11. The van der Waals surface area contributed by atoms with Crippen LogP contribution >= 0.6 is 12.4 Å². The largest absolute Gasteiger partial charge is 0.314 e. The van der Waals surface area contributed by atoms with Crippen LogP contribution in [0.4, 0.5) is 0 Å². The van der Waals surface area contributed by atoms with Crippen LogP contribution < -0.4 is 5.32 Å². The maximum atomic E-state index is 4.11. The maximum Gasteiger partial charge on any atom is 0.0856 e. The number of piperidine rings is 1. The van der Waals surface area contributed by atoms with Crippen molar-refractivity contribution in [3.63, 3.8) is 0 Å². The van der Waals surface area contributed by atoms with Crippen molar-refractivity contribution in [3.8, 4) is 0 Å². The molecule has 0 saturated carbocycles. The van der Waals surface area contributed by atoms with Gasteiger partial charge in [0.25, 0.3) is 0 Å². The molecule has 1 fully saturated rings. The minimum atomic E-state index is 0. The quantitative estimate of drug-likeness (QED) is 0.717. The van der Waals surface area contributed by atoms with Gasteiger partial charge in [-0.3, -0.25) is 0 Å². The lowest BCUT2D eigenvalue weighted by molar-refractivity contribution is 0.376. The Balaban J connectivity index is 0.000000845. The van der Waals surface area contributed by atoms with Gasteiger partial charge in [0, 0.05) is 12.0 Å². The van der Waals surface area contributed by atoms with Gasteiger partial charge in [-0.2, -0.15) is 15.4 Å². The lowest BCUT2D eigenvalue weighted by atomic mass is 9.91. The highest BCUT2D eigenvalue weighted by Gasteiger charge is 2.21. The number of aromatic nitrogens is 3. The molecule has 13 heavy (non-hydrogen) atoms. The molecule has 5 heteroatoms. The fourth-order valence-corrected chi connectivity index (χ4v) is 1.81. The van der Waals surface area contributed by atoms with Crippen LogP contribution in [0.2, 0.25) is 0 Å². The van der Waals surface area contributed by atoms with E-state index in [0.717, 1.165) is 12.2 Å². The number of rotatable bonds is 1. The first-order chi connectivity index (χ1) is 5.86. The molecule has 0 radical (unpaired) electrons. The summed E-state index contributed by atoms with van der Waals surface area (Å²) in [5.74, 6) is 0.597. The first-order valence-electron chi connectivity index (χ1n) is 4.45. The highest BCUT2D eigenvalue weighted by molar-refractivity contribution is 5.85. The Labute approximate surface area is 83.9 Å². The zero-order valence-electron chi connectivity index (χ0n) is 7.66. The molecule has 1 aliphatic rings. The van der Waals surface area contributed by atoms with Crippen LogP contribution in [0.3, 0.4) is 0 Å². The number of hydrogen-bond acceptors (Lipinski definition) is 3. The van der Waals surface area contributed by atoms with E-state index in [-0.39, 0.29) is 12.4 Å². The van der Waals surface area contributed by atoms with Crippen molar-refractivity contribution in [1.29, 1.82) is 0 Å². The van der Waals surface area contributed by atoms with Crippen LogP contribution in [0.25, 0.3) is 0 Å². The van der Waals surface area contributed by atoms with Crippen molar-refractivity contribution in [3.05, 3.63) is 11.9 Å². The SMILES string of the molecule is CC1CC(c2cn[nH]n2)CCN1.Cl. The molecule has 1 aromatic heterocycles. The second kappa shape index (κ2) is 4.58. The zero-order valence-corrected chi connectivity index (χ0v) is 8.47. The summed E-state index contributed by atoms with van der Waals surface area (Å²) < 4.78 is 0. The Morgan fingerprint density at radius 2 is 2.38 bits per heavy atom. The summed E-state index contributed by atoms with van der Waals surface area (Å²) in [7, 11) is 0. The fraction of sp³-hybridized carbons (Fsp3) is 0.750. The molecule has 0 spiro atoms. The van der Waals surface area contributed by atoms with Crippen LogP contribution in [-0.2, 0) is 0 Å². The number of aromatic amines is 1. The summed E-state index contributed by atoms with van der Waals surface area (Å²) in [5, 5.41) is 14.0. The van der Waals surface area contributed by atoms with Crippen LogP contribution in [0.15, 0.2) is 6.20 Å². The van der Waals surface area contributed by atoms with Crippen molar-refractivity contribution in [2.75, 3.05) is 6.54 Å². The molecule has 0 bridgehead atoms. The molecule has 2 unspecified atom stereocenters. The fourth-order valence-electron chi connectivity index (χ4n) is 1.81.